The summed E-state index contributed by atoms with van der Waals surface area (Å²) in [6, 6.07) is 5.66. The number of aliphatic hydroxyl groups excluding tert-OH is 3. The predicted molar refractivity (Wildman–Crippen MR) is 108 cm³/mol. The van der Waals surface area contributed by atoms with Gasteiger partial charge in [0.1, 0.15) is 53.5 Å². The van der Waals surface area contributed by atoms with Crippen molar-refractivity contribution in [2.45, 2.75) is 24.4 Å². The minimum Gasteiger partial charge on any atom is -0.508 e. The summed E-state index contributed by atoms with van der Waals surface area (Å²) in [7, 11) is 0. The Morgan fingerprint density at radius 3 is 2.41 bits per heavy atom. The van der Waals surface area contributed by atoms with E-state index >= 15 is 0 Å². The van der Waals surface area contributed by atoms with Crippen molar-refractivity contribution >= 4 is 11.0 Å². The lowest BCUT2D eigenvalue weighted by atomic mass is 10.0. The van der Waals surface area contributed by atoms with E-state index in [-0.39, 0.29) is 34.6 Å². The van der Waals surface area contributed by atoms with Crippen molar-refractivity contribution in [1.29, 1.82) is 0 Å². The maximum absolute atomic E-state index is 13.1. The minimum atomic E-state index is -1.50. The third-order valence-electron chi connectivity index (χ3n) is 5.15. The van der Waals surface area contributed by atoms with E-state index in [9.17, 15) is 40.5 Å². The Kier molecular flexibility index (Phi) is 5.57. The first-order chi connectivity index (χ1) is 15.2. The summed E-state index contributed by atoms with van der Waals surface area (Å²) < 4.78 is 16.5. The van der Waals surface area contributed by atoms with Crippen LogP contribution in [0.4, 0.5) is 0 Å². The maximum atomic E-state index is 13.1. The molecule has 1 aliphatic heterocycles. The molecule has 170 valence electrons. The van der Waals surface area contributed by atoms with E-state index in [2.05, 4.69) is 0 Å². The highest BCUT2D eigenvalue weighted by atomic mass is 16.6. The number of fused-ring (bicyclic) bond motifs is 1. The average molecular weight is 448 g/mol. The molecule has 0 amide bonds. The number of aromatic hydroxyl groups is 4. The van der Waals surface area contributed by atoms with Crippen LogP contribution in [0.25, 0.3) is 22.3 Å². The van der Waals surface area contributed by atoms with Gasteiger partial charge in [0.15, 0.2) is 17.3 Å². The van der Waals surface area contributed by atoms with E-state index in [0.717, 1.165) is 24.3 Å². The van der Waals surface area contributed by atoms with E-state index in [1.165, 1.54) is 6.07 Å². The van der Waals surface area contributed by atoms with Crippen molar-refractivity contribution in [2.75, 3.05) is 13.2 Å². The van der Waals surface area contributed by atoms with Crippen molar-refractivity contribution in [1.82, 2.24) is 0 Å². The summed E-state index contributed by atoms with van der Waals surface area (Å²) in [6.07, 6.45) is -5.37. The molecule has 2 heterocycles. The smallest absolute Gasteiger partial charge is 0.239 e. The molecule has 11 nitrogen and oxygen atoms in total. The van der Waals surface area contributed by atoms with Crippen molar-refractivity contribution < 1.29 is 49.6 Å². The fraction of sp³-hybridized carbons (Fsp3) is 0.286. The van der Waals surface area contributed by atoms with Gasteiger partial charge < -0.3 is 49.6 Å². The quantitative estimate of drug-likeness (QED) is 0.269. The third-order valence-corrected chi connectivity index (χ3v) is 5.15. The Hall–Kier alpha value is -3.51. The number of ether oxygens (including phenoxy) is 2. The standard InChI is InChI=1S/C21H20O11/c22-9-4-12(25)16-14(5-9)32-20(8-1-2-10(23)11(24)3-8)21(19(16)29)31-7-15-18(28)17(27)13(26)6-30-15/h1-5,13,15,17-18,22-28H,6-7H2. The van der Waals surface area contributed by atoms with Crippen molar-refractivity contribution in [3.63, 3.8) is 0 Å². The van der Waals surface area contributed by atoms with Gasteiger partial charge in [-0.1, -0.05) is 0 Å². The highest BCUT2D eigenvalue weighted by Gasteiger charge is 2.38. The van der Waals surface area contributed by atoms with E-state index < -0.39 is 59.4 Å². The molecular formula is C21H20O11. The molecule has 11 heteroatoms. The third kappa shape index (κ3) is 3.78. The van der Waals surface area contributed by atoms with Gasteiger partial charge in [-0.3, -0.25) is 4.79 Å². The molecule has 4 rings (SSSR count). The Labute approximate surface area is 179 Å². The number of hydrogen-bond donors (Lipinski definition) is 7. The second-order valence-corrected chi connectivity index (χ2v) is 7.36. The largest absolute Gasteiger partial charge is 0.508 e. The molecular weight excluding hydrogens is 428 g/mol. The number of phenols is 4. The molecule has 0 bridgehead atoms. The van der Waals surface area contributed by atoms with Gasteiger partial charge >= 0.3 is 0 Å². The molecule has 1 saturated heterocycles. The number of benzene rings is 2. The number of hydrogen-bond acceptors (Lipinski definition) is 11. The average Bonchev–Trinajstić information content (AvgIpc) is 2.74. The van der Waals surface area contributed by atoms with Crippen LogP contribution in [0, 0.1) is 0 Å². The normalized spacial score (nSPS) is 23.3. The van der Waals surface area contributed by atoms with Gasteiger partial charge in [-0.25, -0.2) is 0 Å². The zero-order valence-electron chi connectivity index (χ0n) is 16.4. The molecule has 7 N–H and O–H groups in total. The van der Waals surface area contributed by atoms with Crippen LogP contribution in [0.5, 0.6) is 28.7 Å². The van der Waals surface area contributed by atoms with E-state index in [0.29, 0.717) is 0 Å². The highest BCUT2D eigenvalue weighted by molar-refractivity contribution is 5.88. The van der Waals surface area contributed by atoms with Crippen molar-refractivity contribution in [2.24, 2.45) is 0 Å². The van der Waals surface area contributed by atoms with Gasteiger partial charge in [-0.2, -0.15) is 0 Å². The Bertz CT molecular complexity index is 1220. The molecule has 0 spiro atoms. The molecule has 32 heavy (non-hydrogen) atoms. The fourth-order valence-electron chi connectivity index (χ4n) is 3.43. The van der Waals surface area contributed by atoms with Crippen molar-refractivity contribution in [3.05, 3.63) is 40.6 Å². The lowest BCUT2D eigenvalue weighted by molar-refractivity contribution is -0.193. The van der Waals surface area contributed by atoms with Gasteiger partial charge in [0.2, 0.25) is 11.2 Å². The zero-order valence-corrected chi connectivity index (χ0v) is 16.4. The molecule has 1 aromatic heterocycles. The number of phenolic OH excluding ortho intramolecular Hbond substituents is 4. The van der Waals surface area contributed by atoms with Crippen LogP contribution in [-0.2, 0) is 4.74 Å². The van der Waals surface area contributed by atoms with Crippen molar-refractivity contribution in [3.8, 4) is 40.1 Å². The van der Waals surface area contributed by atoms with E-state index in [4.69, 9.17) is 13.9 Å². The molecule has 1 fully saturated rings. The molecule has 0 saturated carbocycles. The lowest BCUT2D eigenvalue weighted by Gasteiger charge is -2.35. The molecule has 3 aromatic rings. The van der Waals surface area contributed by atoms with Gasteiger partial charge in [-0.05, 0) is 18.2 Å². The first-order valence-corrected chi connectivity index (χ1v) is 9.51. The fourth-order valence-corrected chi connectivity index (χ4v) is 3.43. The Morgan fingerprint density at radius 2 is 1.69 bits per heavy atom. The van der Waals surface area contributed by atoms with Gasteiger partial charge in [0.05, 0.1) is 6.61 Å². The first kappa shape index (κ1) is 21.7. The van der Waals surface area contributed by atoms with Gasteiger partial charge in [0, 0.05) is 17.7 Å². The Morgan fingerprint density at radius 1 is 0.938 bits per heavy atom. The van der Waals surface area contributed by atoms with Crippen LogP contribution >= 0.6 is 0 Å². The van der Waals surface area contributed by atoms with Crippen LogP contribution in [0.15, 0.2) is 39.5 Å². The van der Waals surface area contributed by atoms with E-state index in [1.54, 1.807) is 0 Å². The molecule has 2 aromatic carbocycles. The van der Waals surface area contributed by atoms with Crippen LogP contribution in [-0.4, -0.2) is 73.4 Å². The summed E-state index contributed by atoms with van der Waals surface area (Å²) in [6.45, 7) is -0.700. The summed E-state index contributed by atoms with van der Waals surface area (Å²) >= 11 is 0. The number of aliphatic hydroxyl groups is 3. The molecule has 4 atom stereocenters. The Balaban J connectivity index is 1.81. The SMILES string of the molecule is O=c1c(OCC2OCC(O)C(O)C2O)c(-c2ccc(O)c(O)c2)oc2cc(O)cc(O)c12. The second-order valence-electron chi connectivity index (χ2n) is 7.36. The van der Waals surface area contributed by atoms with Gasteiger partial charge in [-0.15, -0.1) is 0 Å². The summed E-state index contributed by atoms with van der Waals surface area (Å²) in [5, 5.41) is 68.6. The topological polar surface area (TPSA) is 190 Å². The van der Waals surface area contributed by atoms with Gasteiger partial charge in [0.25, 0.3) is 0 Å². The van der Waals surface area contributed by atoms with Crippen LogP contribution in [0.2, 0.25) is 0 Å². The summed E-state index contributed by atoms with van der Waals surface area (Å²) in [5.74, 6) is -2.46. The molecule has 4 unspecified atom stereocenters. The lowest BCUT2D eigenvalue weighted by Crippen LogP contribution is -2.54. The predicted octanol–water partition coefficient (Wildman–Crippen LogP) is 0.143. The highest BCUT2D eigenvalue weighted by Crippen LogP contribution is 2.38. The molecule has 0 aliphatic carbocycles. The minimum absolute atomic E-state index is 0.123. The van der Waals surface area contributed by atoms with Crippen LogP contribution in [0.1, 0.15) is 0 Å². The second kappa shape index (κ2) is 8.20. The van der Waals surface area contributed by atoms with E-state index in [1.807, 2.05) is 0 Å². The maximum Gasteiger partial charge on any atom is 0.239 e. The number of rotatable bonds is 4. The first-order valence-electron chi connectivity index (χ1n) is 9.51. The zero-order chi connectivity index (χ0) is 23.2. The molecule has 0 radical (unpaired) electrons. The summed E-state index contributed by atoms with van der Waals surface area (Å²) in [5.41, 5.74) is -0.871. The molecule has 1 aliphatic rings. The van der Waals surface area contributed by atoms with Crippen LogP contribution < -0.4 is 10.2 Å². The van der Waals surface area contributed by atoms with Crippen LogP contribution in [0.3, 0.4) is 0 Å². The summed E-state index contributed by atoms with van der Waals surface area (Å²) in [4.78, 5) is 13.1. The monoisotopic (exact) mass is 448 g/mol.